The Morgan fingerprint density at radius 1 is 1.23 bits per heavy atom. The molecule has 114 valence electrons. The number of nitrogens with zero attached hydrogens (tertiary/aromatic N) is 2. The highest BCUT2D eigenvalue weighted by Crippen LogP contribution is 2.20. The molecule has 1 unspecified atom stereocenters. The van der Waals surface area contributed by atoms with Crippen LogP contribution in [0.2, 0.25) is 0 Å². The zero-order valence-electron chi connectivity index (χ0n) is 12.3. The van der Waals surface area contributed by atoms with Gasteiger partial charge in [0.1, 0.15) is 10.8 Å². The summed E-state index contributed by atoms with van der Waals surface area (Å²) in [5, 5.41) is 23.2. The fourth-order valence-electron chi connectivity index (χ4n) is 2.44. The van der Waals surface area contributed by atoms with Gasteiger partial charge in [0, 0.05) is 17.1 Å². The van der Waals surface area contributed by atoms with Gasteiger partial charge in [-0.3, -0.25) is 0 Å². The zero-order valence-corrected chi connectivity index (χ0v) is 13.1. The average Bonchev–Trinajstić information content (AvgIpc) is 2.98. The van der Waals surface area contributed by atoms with E-state index in [-0.39, 0.29) is 12.6 Å². The van der Waals surface area contributed by atoms with Gasteiger partial charge in [0.05, 0.1) is 12.6 Å². The first kappa shape index (κ1) is 14.9. The quantitative estimate of drug-likeness (QED) is 0.610. The van der Waals surface area contributed by atoms with Gasteiger partial charge in [-0.1, -0.05) is 18.2 Å². The van der Waals surface area contributed by atoms with Gasteiger partial charge in [-0.2, -0.15) is 0 Å². The highest BCUT2D eigenvalue weighted by Gasteiger charge is 2.12. The van der Waals surface area contributed by atoms with E-state index in [1.54, 1.807) is 11.8 Å². The van der Waals surface area contributed by atoms with E-state index in [1.807, 2.05) is 42.8 Å². The van der Waals surface area contributed by atoms with Crippen LogP contribution in [-0.2, 0) is 6.42 Å². The molecule has 0 aliphatic rings. The van der Waals surface area contributed by atoms with Crippen molar-refractivity contribution in [2.45, 2.75) is 17.5 Å². The number of anilines is 1. The third-order valence-electron chi connectivity index (χ3n) is 3.56. The first-order chi connectivity index (χ1) is 10.8. The number of benzene rings is 1. The van der Waals surface area contributed by atoms with Crippen molar-refractivity contribution in [3.8, 4) is 0 Å². The molecule has 1 aromatic carbocycles. The fraction of sp³-hybridized carbons (Fsp3) is 0.250. The number of aliphatic hydroxyl groups is 1. The van der Waals surface area contributed by atoms with Crippen LogP contribution in [-0.4, -0.2) is 39.2 Å². The third-order valence-corrected chi connectivity index (χ3v) is 4.20. The second-order valence-corrected chi connectivity index (χ2v) is 5.87. The van der Waals surface area contributed by atoms with Gasteiger partial charge < -0.3 is 15.4 Å². The molecule has 1 atom stereocenters. The van der Waals surface area contributed by atoms with E-state index >= 15 is 0 Å². The van der Waals surface area contributed by atoms with Gasteiger partial charge in [0.25, 0.3) is 0 Å². The maximum absolute atomic E-state index is 9.63. The number of aromatic amines is 1. The minimum Gasteiger partial charge on any atom is -0.394 e. The number of hydrogen-bond acceptors (Lipinski definition) is 5. The summed E-state index contributed by atoms with van der Waals surface area (Å²) in [5.41, 5.74) is 2.29. The van der Waals surface area contributed by atoms with Crippen LogP contribution < -0.4 is 5.32 Å². The standard InChI is InChI=1S/C16H18N4OS/c1-22-16-7-6-15(19-20-16)18-12(10-21)8-11-9-17-14-5-3-2-4-13(11)14/h2-7,9,12,17,21H,8,10H2,1H3,(H,18,19). The fourth-order valence-corrected chi connectivity index (χ4v) is 2.77. The molecule has 2 heterocycles. The van der Waals surface area contributed by atoms with Crippen LogP contribution in [0.3, 0.4) is 0 Å². The Kier molecular flexibility index (Phi) is 4.60. The van der Waals surface area contributed by atoms with Crippen molar-refractivity contribution in [1.82, 2.24) is 15.2 Å². The maximum Gasteiger partial charge on any atom is 0.149 e. The third kappa shape index (κ3) is 3.23. The van der Waals surface area contributed by atoms with Crippen LogP contribution >= 0.6 is 11.8 Å². The minimum atomic E-state index is -0.103. The lowest BCUT2D eigenvalue weighted by atomic mass is 10.1. The van der Waals surface area contributed by atoms with Crippen molar-refractivity contribution >= 4 is 28.5 Å². The lowest BCUT2D eigenvalue weighted by Crippen LogP contribution is -2.26. The van der Waals surface area contributed by atoms with Crippen molar-refractivity contribution in [2.75, 3.05) is 18.2 Å². The van der Waals surface area contributed by atoms with E-state index in [9.17, 15) is 5.11 Å². The molecule has 6 heteroatoms. The Labute approximate surface area is 133 Å². The number of nitrogens with one attached hydrogen (secondary N) is 2. The van der Waals surface area contributed by atoms with Gasteiger partial charge in [-0.05, 0) is 36.4 Å². The van der Waals surface area contributed by atoms with Gasteiger partial charge >= 0.3 is 0 Å². The second-order valence-electron chi connectivity index (χ2n) is 5.05. The summed E-state index contributed by atoms with van der Waals surface area (Å²) in [6, 6.07) is 11.9. The molecule has 3 N–H and O–H groups in total. The van der Waals surface area contributed by atoms with Crippen LogP contribution in [0.4, 0.5) is 5.82 Å². The molecule has 0 aliphatic carbocycles. The maximum atomic E-state index is 9.63. The van der Waals surface area contributed by atoms with Crippen LogP contribution in [0, 0.1) is 0 Å². The molecule has 0 fully saturated rings. The lowest BCUT2D eigenvalue weighted by molar-refractivity contribution is 0.273. The van der Waals surface area contributed by atoms with Gasteiger partial charge in [-0.15, -0.1) is 22.0 Å². The van der Waals surface area contributed by atoms with E-state index < -0.39 is 0 Å². The van der Waals surface area contributed by atoms with E-state index in [4.69, 9.17) is 0 Å². The normalized spacial score (nSPS) is 12.5. The summed E-state index contributed by atoms with van der Waals surface area (Å²) >= 11 is 1.55. The van der Waals surface area contributed by atoms with Gasteiger partial charge in [0.2, 0.25) is 0 Å². The monoisotopic (exact) mass is 314 g/mol. The molecular formula is C16H18N4OS. The molecule has 22 heavy (non-hydrogen) atoms. The number of hydrogen-bond donors (Lipinski definition) is 3. The van der Waals surface area contributed by atoms with Crippen molar-refractivity contribution in [3.63, 3.8) is 0 Å². The number of H-pyrrole nitrogens is 1. The summed E-state index contributed by atoms with van der Waals surface area (Å²) in [5.74, 6) is 0.677. The second kappa shape index (κ2) is 6.81. The molecule has 0 radical (unpaired) electrons. The number of rotatable bonds is 6. The summed E-state index contributed by atoms with van der Waals surface area (Å²) in [4.78, 5) is 3.26. The average molecular weight is 314 g/mol. The van der Waals surface area contributed by atoms with Crippen molar-refractivity contribution in [1.29, 1.82) is 0 Å². The molecule has 3 aromatic rings. The summed E-state index contributed by atoms with van der Waals surface area (Å²) in [6.07, 6.45) is 4.68. The molecule has 0 aliphatic heterocycles. The highest BCUT2D eigenvalue weighted by atomic mass is 32.2. The number of para-hydroxylation sites is 1. The molecule has 0 amide bonds. The largest absolute Gasteiger partial charge is 0.394 e. The molecule has 0 bridgehead atoms. The van der Waals surface area contributed by atoms with Gasteiger partial charge in [-0.25, -0.2) is 0 Å². The molecule has 5 nitrogen and oxygen atoms in total. The SMILES string of the molecule is CSc1ccc(NC(CO)Cc2c[nH]c3ccccc23)nn1. The molecule has 3 rings (SSSR count). The molecule has 0 saturated carbocycles. The van der Waals surface area contributed by atoms with Crippen molar-refractivity contribution in [2.24, 2.45) is 0 Å². The predicted molar refractivity (Wildman–Crippen MR) is 90.3 cm³/mol. The topological polar surface area (TPSA) is 73.8 Å². The molecule has 0 spiro atoms. The number of fused-ring (bicyclic) bond motifs is 1. The Morgan fingerprint density at radius 2 is 2.09 bits per heavy atom. The number of aliphatic hydroxyl groups excluding tert-OH is 1. The number of thioether (sulfide) groups is 1. The van der Waals surface area contributed by atoms with E-state index in [2.05, 4.69) is 26.6 Å². The van der Waals surface area contributed by atoms with Crippen LogP contribution in [0.15, 0.2) is 47.6 Å². The summed E-state index contributed by atoms with van der Waals surface area (Å²) in [7, 11) is 0. The predicted octanol–water partition coefficient (Wildman–Crippen LogP) is 2.70. The van der Waals surface area contributed by atoms with Crippen LogP contribution in [0.5, 0.6) is 0 Å². The Hall–Kier alpha value is -2.05. The molecular weight excluding hydrogens is 296 g/mol. The van der Waals surface area contributed by atoms with Crippen molar-refractivity contribution in [3.05, 3.63) is 48.2 Å². The van der Waals surface area contributed by atoms with Crippen LogP contribution in [0.1, 0.15) is 5.56 Å². The number of aromatic nitrogens is 3. The van der Waals surface area contributed by atoms with E-state index in [0.717, 1.165) is 10.5 Å². The Bertz CT molecular complexity index is 741. The first-order valence-electron chi connectivity index (χ1n) is 7.10. The lowest BCUT2D eigenvalue weighted by Gasteiger charge is -2.16. The summed E-state index contributed by atoms with van der Waals surface area (Å²) < 4.78 is 0. The Balaban J connectivity index is 1.73. The highest BCUT2D eigenvalue weighted by molar-refractivity contribution is 7.98. The Morgan fingerprint density at radius 3 is 2.82 bits per heavy atom. The van der Waals surface area contributed by atoms with Crippen molar-refractivity contribution < 1.29 is 5.11 Å². The van der Waals surface area contributed by atoms with Gasteiger partial charge in [0.15, 0.2) is 0 Å². The van der Waals surface area contributed by atoms with E-state index in [1.165, 1.54) is 10.9 Å². The molecule has 2 aromatic heterocycles. The van der Waals surface area contributed by atoms with E-state index in [0.29, 0.717) is 12.2 Å². The van der Waals surface area contributed by atoms with Crippen LogP contribution in [0.25, 0.3) is 10.9 Å². The minimum absolute atomic E-state index is 0.0332. The summed E-state index contributed by atoms with van der Waals surface area (Å²) in [6.45, 7) is 0.0332. The zero-order chi connectivity index (χ0) is 15.4. The molecule has 0 saturated heterocycles. The first-order valence-corrected chi connectivity index (χ1v) is 8.32. The smallest absolute Gasteiger partial charge is 0.149 e.